The molecule has 0 bridgehead atoms. The van der Waals surface area contributed by atoms with Crippen molar-refractivity contribution in [1.29, 1.82) is 0 Å². The minimum absolute atomic E-state index is 0.425. The molecule has 0 unspecified atom stereocenters. The zero-order valence-electron chi connectivity index (χ0n) is 15.4. The molecular weight excluding hydrogens is 344 g/mol. The lowest BCUT2D eigenvalue weighted by atomic mass is 10.1. The van der Waals surface area contributed by atoms with Crippen LogP contribution in [0.5, 0.6) is 0 Å². The molecule has 1 N–H and O–H groups in total. The Bertz CT molecular complexity index is 849. The van der Waals surface area contributed by atoms with Crippen LogP contribution in [-0.4, -0.2) is 44.9 Å². The lowest BCUT2D eigenvalue weighted by Crippen LogP contribution is -3.18. The fourth-order valence-corrected chi connectivity index (χ4v) is 6.06. The fraction of sp³-hybridized carbons (Fsp3) is 0.524. The van der Waals surface area contributed by atoms with Crippen molar-refractivity contribution in [2.24, 2.45) is 0 Å². The summed E-state index contributed by atoms with van der Waals surface area (Å²) in [5.41, 5.74) is 0. The number of nitrogens with one attached hydrogen (secondary N) is 1. The van der Waals surface area contributed by atoms with Gasteiger partial charge in [0.25, 0.3) is 0 Å². The second-order valence-electron chi connectivity index (χ2n) is 7.76. The normalized spacial score (nSPS) is 21.7. The molecule has 1 saturated carbocycles. The summed E-state index contributed by atoms with van der Waals surface area (Å²) in [6.07, 6.45) is 8.04. The summed E-state index contributed by atoms with van der Waals surface area (Å²) in [5.74, 6) is 0. The molecule has 4 rings (SSSR count). The highest BCUT2D eigenvalue weighted by Crippen LogP contribution is 2.22. The summed E-state index contributed by atoms with van der Waals surface area (Å²) in [6, 6.07) is 14.1. The predicted molar refractivity (Wildman–Crippen MR) is 105 cm³/mol. The first-order chi connectivity index (χ1) is 12.6. The molecule has 0 spiro atoms. The molecule has 1 heterocycles. The van der Waals surface area contributed by atoms with E-state index in [4.69, 9.17) is 0 Å². The van der Waals surface area contributed by atoms with E-state index in [9.17, 15) is 8.42 Å². The highest BCUT2D eigenvalue weighted by molar-refractivity contribution is 7.89. The number of rotatable bonds is 3. The minimum Gasteiger partial charge on any atom is -0.330 e. The van der Waals surface area contributed by atoms with Gasteiger partial charge in [-0.2, -0.15) is 4.31 Å². The number of fused-ring (bicyclic) bond motifs is 1. The lowest BCUT2D eigenvalue weighted by Gasteiger charge is -2.35. The maximum absolute atomic E-state index is 13.1. The summed E-state index contributed by atoms with van der Waals surface area (Å²) < 4.78 is 27.9. The molecule has 140 valence electrons. The van der Waals surface area contributed by atoms with Crippen molar-refractivity contribution < 1.29 is 13.3 Å². The highest BCUT2D eigenvalue weighted by atomic mass is 32.2. The Kier molecular flexibility index (Phi) is 5.30. The second kappa shape index (κ2) is 7.67. The van der Waals surface area contributed by atoms with Gasteiger partial charge in [0.1, 0.15) is 0 Å². The van der Waals surface area contributed by atoms with Gasteiger partial charge in [0, 0.05) is 0 Å². The van der Waals surface area contributed by atoms with Gasteiger partial charge < -0.3 is 4.90 Å². The number of sulfonamides is 1. The largest absolute Gasteiger partial charge is 0.330 e. The highest BCUT2D eigenvalue weighted by Gasteiger charge is 2.33. The summed E-state index contributed by atoms with van der Waals surface area (Å²) in [4.78, 5) is 2.05. The van der Waals surface area contributed by atoms with Gasteiger partial charge >= 0.3 is 0 Å². The Morgan fingerprint density at radius 1 is 0.846 bits per heavy atom. The Labute approximate surface area is 156 Å². The molecule has 26 heavy (non-hydrogen) atoms. The molecule has 4 nitrogen and oxygen atoms in total. The van der Waals surface area contributed by atoms with E-state index in [-0.39, 0.29) is 0 Å². The van der Waals surface area contributed by atoms with Crippen LogP contribution in [0.3, 0.4) is 0 Å². The van der Waals surface area contributed by atoms with Gasteiger partial charge in [0.2, 0.25) is 10.0 Å². The van der Waals surface area contributed by atoms with Crippen LogP contribution in [-0.2, 0) is 10.0 Å². The van der Waals surface area contributed by atoms with Crippen molar-refractivity contribution in [2.75, 3.05) is 26.2 Å². The fourth-order valence-electron chi connectivity index (χ4n) is 4.59. The van der Waals surface area contributed by atoms with E-state index < -0.39 is 10.0 Å². The molecule has 2 aromatic rings. The summed E-state index contributed by atoms with van der Waals surface area (Å²) >= 11 is 0. The van der Waals surface area contributed by atoms with E-state index in [1.54, 1.807) is 15.3 Å². The topological polar surface area (TPSA) is 41.8 Å². The maximum Gasteiger partial charge on any atom is 0.243 e. The first-order valence-corrected chi connectivity index (χ1v) is 11.4. The Balaban J connectivity index is 1.46. The van der Waals surface area contributed by atoms with E-state index in [2.05, 4.69) is 0 Å². The molecule has 0 amide bonds. The molecule has 1 saturated heterocycles. The molecule has 2 aromatic carbocycles. The Morgan fingerprint density at radius 2 is 1.50 bits per heavy atom. The predicted octanol–water partition coefficient (Wildman–Crippen LogP) is 2.45. The van der Waals surface area contributed by atoms with Crippen LogP contribution in [0, 0.1) is 0 Å². The molecule has 2 aliphatic rings. The van der Waals surface area contributed by atoms with Crippen molar-refractivity contribution in [3.05, 3.63) is 42.5 Å². The van der Waals surface area contributed by atoms with Crippen molar-refractivity contribution in [1.82, 2.24) is 4.31 Å². The van der Waals surface area contributed by atoms with Crippen LogP contribution >= 0.6 is 0 Å². The van der Waals surface area contributed by atoms with E-state index >= 15 is 0 Å². The van der Waals surface area contributed by atoms with Gasteiger partial charge in [0.05, 0.1) is 37.1 Å². The van der Waals surface area contributed by atoms with Crippen LogP contribution in [0.1, 0.15) is 38.5 Å². The summed E-state index contributed by atoms with van der Waals surface area (Å²) in [6.45, 7) is 3.16. The Hall–Kier alpha value is -1.43. The number of hydrogen-bond donors (Lipinski definition) is 1. The van der Waals surface area contributed by atoms with Crippen LogP contribution in [0.4, 0.5) is 0 Å². The average Bonchev–Trinajstić information content (AvgIpc) is 2.97. The van der Waals surface area contributed by atoms with Gasteiger partial charge in [0.15, 0.2) is 0 Å². The summed E-state index contributed by atoms with van der Waals surface area (Å²) in [7, 11) is -3.39. The number of piperazine rings is 1. The zero-order valence-corrected chi connectivity index (χ0v) is 16.2. The molecule has 1 aliphatic heterocycles. The van der Waals surface area contributed by atoms with Crippen LogP contribution < -0.4 is 4.90 Å². The molecular formula is C21H29N2O2S+. The van der Waals surface area contributed by atoms with Gasteiger partial charge in [-0.15, -0.1) is 0 Å². The van der Waals surface area contributed by atoms with E-state index in [1.165, 1.54) is 38.5 Å². The van der Waals surface area contributed by atoms with Gasteiger partial charge in [-0.05, 0) is 48.6 Å². The quantitative estimate of drug-likeness (QED) is 0.840. The van der Waals surface area contributed by atoms with Crippen molar-refractivity contribution in [3.8, 4) is 0 Å². The average molecular weight is 374 g/mol. The first-order valence-electron chi connectivity index (χ1n) is 9.98. The molecule has 0 radical (unpaired) electrons. The molecule has 0 atom stereocenters. The standard InChI is InChI=1S/C21H28N2O2S/c24-26(25,21-12-11-18-7-5-6-8-19(18)17-21)23-15-13-22(14-16-23)20-9-3-1-2-4-10-20/h5-8,11-12,17,20H,1-4,9-10,13-16H2/p+1. The molecule has 0 aromatic heterocycles. The van der Waals surface area contributed by atoms with E-state index in [0.717, 1.165) is 29.9 Å². The van der Waals surface area contributed by atoms with Crippen LogP contribution in [0.2, 0.25) is 0 Å². The molecule has 5 heteroatoms. The van der Waals surface area contributed by atoms with Crippen LogP contribution in [0.15, 0.2) is 47.4 Å². The first kappa shape index (κ1) is 18.0. The third-order valence-corrected chi connectivity index (χ3v) is 8.05. The van der Waals surface area contributed by atoms with Gasteiger partial charge in [-0.1, -0.05) is 43.2 Å². The monoisotopic (exact) mass is 373 g/mol. The third-order valence-electron chi connectivity index (χ3n) is 6.16. The lowest BCUT2D eigenvalue weighted by molar-refractivity contribution is -0.929. The van der Waals surface area contributed by atoms with Crippen LogP contribution in [0.25, 0.3) is 10.8 Å². The smallest absolute Gasteiger partial charge is 0.243 e. The maximum atomic E-state index is 13.1. The van der Waals surface area contributed by atoms with Crippen molar-refractivity contribution >= 4 is 20.8 Å². The van der Waals surface area contributed by atoms with E-state index in [1.807, 2.05) is 36.4 Å². The van der Waals surface area contributed by atoms with Crippen molar-refractivity contribution in [2.45, 2.75) is 49.5 Å². The molecule has 1 aliphatic carbocycles. The number of benzene rings is 2. The third kappa shape index (κ3) is 3.66. The molecule has 2 fully saturated rings. The SMILES string of the molecule is O=S(=O)(c1ccc2ccccc2c1)N1CC[NH+](C2CCCCCC2)CC1. The summed E-state index contributed by atoms with van der Waals surface area (Å²) in [5, 5.41) is 2.06. The van der Waals surface area contributed by atoms with Gasteiger partial charge in [-0.3, -0.25) is 0 Å². The zero-order chi connectivity index (χ0) is 18.0. The second-order valence-corrected chi connectivity index (χ2v) is 9.70. The Morgan fingerprint density at radius 3 is 2.19 bits per heavy atom. The van der Waals surface area contributed by atoms with Crippen molar-refractivity contribution in [3.63, 3.8) is 0 Å². The van der Waals surface area contributed by atoms with Gasteiger partial charge in [-0.25, -0.2) is 8.42 Å². The minimum atomic E-state index is -3.39. The van der Waals surface area contributed by atoms with E-state index in [0.29, 0.717) is 18.0 Å². The number of hydrogen-bond acceptors (Lipinski definition) is 2. The number of nitrogens with zero attached hydrogens (tertiary/aromatic N) is 1. The number of quaternary nitrogens is 1.